The van der Waals surface area contributed by atoms with E-state index >= 15 is 0 Å². The Kier molecular flexibility index (Phi) is 4.07. The summed E-state index contributed by atoms with van der Waals surface area (Å²) < 4.78 is 0. The first-order chi connectivity index (χ1) is 9.15. The van der Waals surface area contributed by atoms with Gasteiger partial charge in [0.25, 0.3) is 0 Å². The fraction of sp³-hybridized carbons (Fsp3) is 0.214. The Hall–Kier alpha value is -2.43. The van der Waals surface area contributed by atoms with Gasteiger partial charge in [0.2, 0.25) is 5.95 Å². The summed E-state index contributed by atoms with van der Waals surface area (Å²) in [6.07, 6.45) is 1.71. The Morgan fingerprint density at radius 2 is 2.00 bits per heavy atom. The van der Waals surface area contributed by atoms with E-state index in [0.717, 1.165) is 16.8 Å². The molecule has 0 saturated carbocycles. The van der Waals surface area contributed by atoms with Crippen LogP contribution in [0.4, 0.5) is 5.95 Å². The lowest BCUT2D eigenvalue weighted by Gasteiger charge is -2.09. The van der Waals surface area contributed by atoms with Crippen LogP contribution < -0.4 is 5.32 Å². The molecule has 98 valence electrons. The van der Waals surface area contributed by atoms with E-state index in [1.807, 2.05) is 37.3 Å². The minimum atomic E-state index is -0.834. The van der Waals surface area contributed by atoms with Crippen LogP contribution in [-0.4, -0.2) is 21.0 Å². The van der Waals surface area contributed by atoms with Crippen molar-refractivity contribution in [1.82, 2.24) is 9.97 Å². The van der Waals surface area contributed by atoms with E-state index in [0.29, 0.717) is 12.5 Å². The van der Waals surface area contributed by atoms with E-state index in [4.69, 9.17) is 5.11 Å². The number of rotatable bonds is 5. The first kappa shape index (κ1) is 13.0. The Bertz CT molecular complexity index is 584. The minimum Gasteiger partial charge on any atom is -0.481 e. The van der Waals surface area contributed by atoms with Gasteiger partial charge in [0, 0.05) is 18.4 Å². The zero-order valence-electron chi connectivity index (χ0n) is 10.6. The molecule has 0 saturated heterocycles. The molecule has 1 aromatic carbocycles. The predicted molar refractivity (Wildman–Crippen MR) is 71.9 cm³/mol. The molecule has 2 rings (SSSR count). The highest BCUT2D eigenvalue weighted by Crippen LogP contribution is 2.11. The van der Waals surface area contributed by atoms with Gasteiger partial charge < -0.3 is 10.4 Å². The average molecular weight is 257 g/mol. The van der Waals surface area contributed by atoms with E-state index in [-0.39, 0.29) is 6.42 Å². The van der Waals surface area contributed by atoms with Crippen molar-refractivity contribution in [2.24, 2.45) is 0 Å². The van der Waals surface area contributed by atoms with Crippen molar-refractivity contribution in [3.05, 3.63) is 53.3 Å². The molecule has 5 heteroatoms. The van der Waals surface area contributed by atoms with Crippen LogP contribution in [-0.2, 0) is 17.8 Å². The fourth-order valence-corrected chi connectivity index (χ4v) is 1.77. The number of hydrogen-bond donors (Lipinski definition) is 2. The average Bonchev–Trinajstić information content (AvgIpc) is 2.37. The maximum Gasteiger partial charge on any atom is 0.307 e. The molecule has 0 aliphatic carbocycles. The highest BCUT2D eigenvalue weighted by Gasteiger charge is 2.06. The number of carboxylic acids is 1. The molecule has 0 unspecified atom stereocenters. The third-order valence-electron chi connectivity index (χ3n) is 2.69. The van der Waals surface area contributed by atoms with Gasteiger partial charge in [-0.15, -0.1) is 0 Å². The zero-order valence-corrected chi connectivity index (χ0v) is 10.6. The molecule has 0 bridgehead atoms. The van der Waals surface area contributed by atoms with Gasteiger partial charge in [0.15, 0.2) is 0 Å². The molecule has 2 N–H and O–H groups in total. The van der Waals surface area contributed by atoms with Crippen molar-refractivity contribution in [1.29, 1.82) is 0 Å². The summed E-state index contributed by atoms with van der Waals surface area (Å²) in [6.45, 7) is 2.40. The van der Waals surface area contributed by atoms with E-state index in [1.54, 1.807) is 6.20 Å². The molecule has 0 aliphatic rings. The molecule has 0 amide bonds. The number of hydrogen-bond acceptors (Lipinski definition) is 4. The van der Waals surface area contributed by atoms with Crippen LogP contribution in [0.3, 0.4) is 0 Å². The molecule has 1 aromatic heterocycles. The third kappa shape index (κ3) is 3.77. The van der Waals surface area contributed by atoms with Crippen LogP contribution in [0.2, 0.25) is 0 Å². The van der Waals surface area contributed by atoms with Crippen LogP contribution >= 0.6 is 0 Å². The summed E-state index contributed by atoms with van der Waals surface area (Å²) in [5.74, 6) is -0.288. The fourth-order valence-electron chi connectivity index (χ4n) is 1.77. The number of benzene rings is 1. The normalized spacial score (nSPS) is 10.2. The lowest BCUT2D eigenvalue weighted by molar-refractivity contribution is -0.136. The molecule has 0 fully saturated rings. The first-order valence-corrected chi connectivity index (χ1v) is 5.97. The number of nitrogens with one attached hydrogen (secondary N) is 1. The summed E-state index contributed by atoms with van der Waals surface area (Å²) in [4.78, 5) is 19.1. The SMILES string of the molecule is Cc1ccnc(NCc2ccccc2CC(=O)O)n1. The van der Waals surface area contributed by atoms with Gasteiger partial charge >= 0.3 is 5.97 Å². The Balaban J connectivity index is 2.09. The number of aliphatic carboxylic acids is 1. The summed E-state index contributed by atoms with van der Waals surface area (Å²) in [5, 5.41) is 12.0. The van der Waals surface area contributed by atoms with E-state index in [1.165, 1.54) is 0 Å². The van der Waals surface area contributed by atoms with Crippen molar-refractivity contribution >= 4 is 11.9 Å². The topological polar surface area (TPSA) is 75.1 Å². The van der Waals surface area contributed by atoms with Crippen molar-refractivity contribution < 1.29 is 9.90 Å². The van der Waals surface area contributed by atoms with Gasteiger partial charge in [0.1, 0.15) is 0 Å². The molecule has 1 heterocycles. The van der Waals surface area contributed by atoms with E-state index in [2.05, 4.69) is 15.3 Å². The second-order valence-corrected chi connectivity index (χ2v) is 4.21. The van der Waals surface area contributed by atoms with Crippen LogP contribution in [0.25, 0.3) is 0 Å². The van der Waals surface area contributed by atoms with Gasteiger partial charge in [-0.3, -0.25) is 4.79 Å². The van der Waals surface area contributed by atoms with Crippen LogP contribution in [0.1, 0.15) is 16.8 Å². The van der Waals surface area contributed by atoms with Crippen molar-refractivity contribution in [2.75, 3.05) is 5.32 Å². The molecule has 0 atom stereocenters. The Morgan fingerprint density at radius 3 is 2.68 bits per heavy atom. The largest absolute Gasteiger partial charge is 0.481 e. The second kappa shape index (κ2) is 5.95. The third-order valence-corrected chi connectivity index (χ3v) is 2.69. The maximum absolute atomic E-state index is 10.8. The lowest BCUT2D eigenvalue weighted by Crippen LogP contribution is -2.08. The predicted octanol–water partition coefficient (Wildman–Crippen LogP) is 2.02. The van der Waals surface area contributed by atoms with Crippen molar-refractivity contribution in [3.8, 4) is 0 Å². The summed E-state index contributed by atoms with van der Waals surface area (Å²) in [5.41, 5.74) is 2.63. The molecule has 5 nitrogen and oxygen atoms in total. The first-order valence-electron chi connectivity index (χ1n) is 5.97. The molecule has 19 heavy (non-hydrogen) atoms. The quantitative estimate of drug-likeness (QED) is 0.857. The van der Waals surface area contributed by atoms with Crippen LogP contribution in [0.15, 0.2) is 36.5 Å². The van der Waals surface area contributed by atoms with Crippen molar-refractivity contribution in [3.63, 3.8) is 0 Å². The highest BCUT2D eigenvalue weighted by atomic mass is 16.4. The number of nitrogens with zero attached hydrogens (tertiary/aromatic N) is 2. The summed E-state index contributed by atoms with van der Waals surface area (Å²) >= 11 is 0. The standard InChI is InChI=1S/C14H15N3O2/c1-10-6-7-15-14(17-10)16-9-12-5-3-2-4-11(12)8-13(18)19/h2-7H,8-9H2,1H3,(H,18,19)(H,15,16,17). The smallest absolute Gasteiger partial charge is 0.307 e. The molecular weight excluding hydrogens is 242 g/mol. The summed E-state index contributed by atoms with van der Waals surface area (Å²) in [6, 6.07) is 9.28. The molecule has 0 radical (unpaired) electrons. The van der Waals surface area contributed by atoms with Crippen LogP contribution in [0.5, 0.6) is 0 Å². The number of anilines is 1. The van der Waals surface area contributed by atoms with Gasteiger partial charge in [-0.05, 0) is 24.1 Å². The number of aromatic nitrogens is 2. The number of carboxylic acid groups (broad SMARTS) is 1. The molecule has 0 aliphatic heterocycles. The van der Waals surface area contributed by atoms with Gasteiger partial charge in [-0.25, -0.2) is 9.97 Å². The van der Waals surface area contributed by atoms with E-state index in [9.17, 15) is 4.79 Å². The van der Waals surface area contributed by atoms with Gasteiger partial charge in [-0.2, -0.15) is 0 Å². The Labute approximate surface area is 111 Å². The molecule has 0 spiro atoms. The number of aryl methyl sites for hydroxylation is 1. The van der Waals surface area contributed by atoms with E-state index < -0.39 is 5.97 Å². The molecular formula is C14H15N3O2. The zero-order chi connectivity index (χ0) is 13.7. The number of carbonyl (C=O) groups is 1. The second-order valence-electron chi connectivity index (χ2n) is 4.21. The van der Waals surface area contributed by atoms with Crippen LogP contribution in [0, 0.1) is 6.92 Å². The minimum absolute atomic E-state index is 0.0204. The van der Waals surface area contributed by atoms with Gasteiger partial charge in [0.05, 0.1) is 6.42 Å². The summed E-state index contributed by atoms with van der Waals surface area (Å²) in [7, 11) is 0. The van der Waals surface area contributed by atoms with Crippen molar-refractivity contribution in [2.45, 2.75) is 19.9 Å². The highest BCUT2D eigenvalue weighted by molar-refractivity contribution is 5.70. The monoisotopic (exact) mass is 257 g/mol. The maximum atomic E-state index is 10.8. The Morgan fingerprint density at radius 1 is 1.26 bits per heavy atom. The van der Waals surface area contributed by atoms with Gasteiger partial charge in [-0.1, -0.05) is 24.3 Å². The molecule has 2 aromatic rings. The lowest BCUT2D eigenvalue weighted by atomic mass is 10.0.